The monoisotopic (exact) mass is 194 g/mol. The third kappa shape index (κ3) is 3.49. The van der Waals surface area contributed by atoms with Gasteiger partial charge in [-0.05, 0) is 30.0 Å². The third-order valence-corrected chi connectivity index (χ3v) is 2.69. The quantitative estimate of drug-likeness (QED) is 0.659. The Hall–Kier alpha value is -0.850. The average Bonchev–Trinajstić information content (AvgIpc) is 2.17. The third-order valence-electron chi connectivity index (χ3n) is 2.69. The molecule has 1 unspecified atom stereocenters. The Labute approximate surface area is 86.2 Å². The molecule has 1 rings (SSSR count). The second-order valence-corrected chi connectivity index (χ2v) is 3.90. The summed E-state index contributed by atoms with van der Waals surface area (Å²) < 4.78 is 12.9. The first-order valence-corrected chi connectivity index (χ1v) is 5.50. The van der Waals surface area contributed by atoms with Crippen LogP contribution >= 0.6 is 0 Å². The van der Waals surface area contributed by atoms with Gasteiger partial charge in [0.1, 0.15) is 5.82 Å². The lowest BCUT2D eigenvalue weighted by Crippen LogP contribution is -2.02. The molecule has 0 aliphatic rings. The second-order valence-electron chi connectivity index (χ2n) is 3.90. The van der Waals surface area contributed by atoms with Crippen molar-refractivity contribution in [2.45, 2.75) is 39.5 Å². The smallest absolute Gasteiger partial charge is 0.123 e. The molecule has 0 aliphatic carbocycles. The minimum absolute atomic E-state index is 0.117. The molecule has 1 aromatic rings. The Morgan fingerprint density at radius 1 is 1.29 bits per heavy atom. The first kappa shape index (κ1) is 11.2. The van der Waals surface area contributed by atoms with Crippen molar-refractivity contribution in [3.05, 3.63) is 35.6 Å². The van der Waals surface area contributed by atoms with E-state index < -0.39 is 0 Å². The van der Waals surface area contributed by atoms with E-state index in [0.29, 0.717) is 5.92 Å². The summed E-state index contributed by atoms with van der Waals surface area (Å²) in [6.45, 7) is 4.41. The molecular weight excluding hydrogens is 175 g/mol. The van der Waals surface area contributed by atoms with E-state index in [4.69, 9.17) is 0 Å². The summed E-state index contributed by atoms with van der Waals surface area (Å²) in [6, 6.07) is 6.97. The number of hydrogen-bond acceptors (Lipinski definition) is 0. The zero-order chi connectivity index (χ0) is 10.4. The molecule has 0 bridgehead atoms. The largest absolute Gasteiger partial charge is 0.207 e. The van der Waals surface area contributed by atoms with Crippen molar-refractivity contribution in [2.75, 3.05) is 0 Å². The normalized spacial score (nSPS) is 12.8. The van der Waals surface area contributed by atoms with Gasteiger partial charge in [0.2, 0.25) is 0 Å². The Morgan fingerprint density at radius 2 is 2.07 bits per heavy atom. The van der Waals surface area contributed by atoms with E-state index in [0.717, 1.165) is 12.0 Å². The molecule has 0 aromatic heterocycles. The van der Waals surface area contributed by atoms with Crippen LogP contribution in [0.1, 0.15) is 38.7 Å². The van der Waals surface area contributed by atoms with Crippen LogP contribution < -0.4 is 0 Å². The zero-order valence-corrected chi connectivity index (χ0v) is 9.09. The van der Waals surface area contributed by atoms with Crippen LogP contribution in [-0.2, 0) is 6.42 Å². The van der Waals surface area contributed by atoms with Crippen LogP contribution in [0.2, 0.25) is 0 Å². The Morgan fingerprint density at radius 3 is 2.64 bits per heavy atom. The minimum atomic E-state index is -0.117. The summed E-state index contributed by atoms with van der Waals surface area (Å²) in [5.74, 6) is 0.593. The maximum Gasteiger partial charge on any atom is 0.123 e. The molecule has 14 heavy (non-hydrogen) atoms. The van der Waals surface area contributed by atoms with Gasteiger partial charge in [0.15, 0.2) is 0 Å². The van der Waals surface area contributed by atoms with Crippen molar-refractivity contribution in [1.29, 1.82) is 0 Å². The van der Waals surface area contributed by atoms with Gasteiger partial charge in [0.25, 0.3) is 0 Å². The van der Waals surface area contributed by atoms with Crippen LogP contribution in [0.5, 0.6) is 0 Å². The molecule has 0 spiro atoms. The van der Waals surface area contributed by atoms with E-state index in [1.165, 1.54) is 25.3 Å². The summed E-state index contributed by atoms with van der Waals surface area (Å²) in [7, 11) is 0. The molecule has 1 aromatic carbocycles. The van der Waals surface area contributed by atoms with Gasteiger partial charge < -0.3 is 0 Å². The van der Waals surface area contributed by atoms with Crippen LogP contribution in [0.4, 0.5) is 4.39 Å². The van der Waals surface area contributed by atoms with Crippen molar-refractivity contribution in [1.82, 2.24) is 0 Å². The average molecular weight is 194 g/mol. The number of benzene rings is 1. The SMILES string of the molecule is CCCC(CC)Cc1cccc(F)c1. The maximum absolute atomic E-state index is 12.9. The topological polar surface area (TPSA) is 0 Å². The number of rotatable bonds is 5. The standard InChI is InChI=1S/C13H19F/c1-3-6-11(4-2)9-12-7-5-8-13(14)10-12/h5,7-8,10-11H,3-4,6,9H2,1-2H3. The highest BCUT2D eigenvalue weighted by molar-refractivity contribution is 5.16. The van der Waals surface area contributed by atoms with Gasteiger partial charge in [-0.1, -0.05) is 45.2 Å². The highest BCUT2D eigenvalue weighted by Crippen LogP contribution is 2.17. The van der Waals surface area contributed by atoms with Gasteiger partial charge in [-0.2, -0.15) is 0 Å². The van der Waals surface area contributed by atoms with Gasteiger partial charge >= 0.3 is 0 Å². The van der Waals surface area contributed by atoms with Gasteiger partial charge in [0.05, 0.1) is 0 Å². The molecule has 0 nitrogen and oxygen atoms in total. The zero-order valence-electron chi connectivity index (χ0n) is 9.09. The minimum Gasteiger partial charge on any atom is -0.207 e. The van der Waals surface area contributed by atoms with Crippen molar-refractivity contribution < 1.29 is 4.39 Å². The fraction of sp³-hybridized carbons (Fsp3) is 0.538. The molecule has 0 amide bonds. The number of hydrogen-bond donors (Lipinski definition) is 0. The van der Waals surface area contributed by atoms with E-state index >= 15 is 0 Å². The molecule has 0 aliphatic heterocycles. The van der Waals surface area contributed by atoms with Gasteiger partial charge in [-0.15, -0.1) is 0 Å². The van der Waals surface area contributed by atoms with Gasteiger partial charge in [-0.25, -0.2) is 4.39 Å². The summed E-state index contributed by atoms with van der Waals surface area (Å²) in [5.41, 5.74) is 1.13. The van der Waals surface area contributed by atoms with Crippen LogP contribution in [0.15, 0.2) is 24.3 Å². The molecule has 0 saturated heterocycles. The molecule has 0 heterocycles. The van der Waals surface area contributed by atoms with E-state index in [9.17, 15) is 4.39 Å². The lowest BCUT2D eigenvalue weighted by Gasteiger charge is -2.13. The Balaban J connectivity index is 2.57. The fourth-order valence-corrected chi connectivity index (χ4v) is 1.86. The highest BCUT2D eigenvalue weighted by Gasteiger charge is 2.06. The molecule has 0 radical (unpaired) electrons. The molecule has 1 heteroatoms. The molecule has 1 atom stereocenters. The van der Waals surface area contributed by atoms with Gasteiger partial charge in [0, 0.05) is 0 Å². The summed E-state index contributed by atoms with van der Waals surface area (Å²) in [5, 5.41) is 0. The van der Waals surface area contributed by atoms with Gasteiger partial charge in [-0.3, -0.25) is 0 Å². The lowest BCUT2D eigenvalue weighted by molar-refractivity contribution is 0.461. The first-order valence-electron chi connectivity index (χ1n) is 5.50. The Kier molecular flexibility index (Phi) is 4.64. The molecular formula is C13H19F. The molecule has 0 fully saturated rings. The molecule has 0 N–H and O–H groups in total. The summed E-state index contributed by atoms with van der Waals surface area (Å²) in [6.07, 6.45) is 4.66. The van der Waals surface area contributed by atoms with E-state index in [1.54, 1.807) is 12.1 Å². The fourth-order valence-electron chi connectivity index (χ4n) is 1.86. The van der Waals surface area contributed by atoms with Crippen LogP contribution in [0, 0.1) is 11.7 Å². The Bertz CT molecular complexity index is 268. The predicted octanol–water partition coefficient (Wildman–Crippen LogP) is 4.19. The highest BCUT2D eigenvalue weighted by atomic mass is 19.1. The van der Waals surface area contributed by atoms with E-state index in [-0.39, 0.29) is 5.82 Å². The number of halogens is 1. The van der Waals surface area contributed by atoms with E-state index in [2.05, 4.69) is 13.8 Å². The van der Waals surface area contributed by atoms with Crippen LogP contribution in [0.25, 0.3) is 0 Å². The molecule has 0 saturated carbocycles. The van der Waals surface area contributed by atoms with Crippen molar-refractivity contribution in [2.24, 2.45) is 5.92 Å². The summed E-state index contributed by atoms with van der Waals surface area (Å²) in [4.78, 5) is 0. The molecule has 78 valence electrons. The second kappa shape index (κ2) is 5.79. The lowest BCUT2D eigenvalue weighted by atomic mass is 9.93. The van der Waals surface area contributed by atoms with Crippen molar-refractivity contribution in [3.8, 4) is 0 Å². The summed E-state index contributed by atoms with van der Waals surface area (Å²) >= 11 is 0. The maximum atomic E-state index is 12.9. The van der Waals surface area contributed by atoms with Crippen molar-refractivity contribution >= 4 is 0 Å². The van der Waals surface area contributed by atoms with E-state index in [1.807, 2.05) is 6.07 Å². The van der Waals surface area contributed by atoms with Crippen LogP contribution in [-0.4, -0.2) is 0 Å². The van der Waals surface area contributed by atoms with Crippen LogP contribution in [0.3, 0.4) is 0 Å². The predicted molar refractivity (Wildman–Crippen MR) is 58.8 cm³/mol. The van der Waals surface area contributed by atoms with Crippen molar-refractivity contribution in [3.63, 3.8) is 0 Å². The first-order chi connectivity index (χ1) is 6.76.